The SMILES string of the molecule is COc1cc(-c2nc(CN(C)Cc3cccnc3)co2)cc(OC)c1OC. The van der Waals surface area contributed by atoms with E-state index < -0.39 is 0 Å². The largest absolute Gasteiger partial charge is 0.493 e. The molecule has 0 saturated carbocycles. The number of aromatic nitrogens is 2. The molecular weight excluding hydrogens is 346 g/mol. The van der Waals surface area contributed by atoms with Gasteiger partial charge in [-0.15, -0.1) is 0 Å². The lowest BCUT2D eigenvalue weighted by atomic mass is 10.2. The van der Waals surface area contributed by atoms with Crippen molar-refractivity contribution >= 4 is 0 Å². The maximum Gasteiger partial charge on any atom is 0.226 e. The fraction of sp³-hybridized carbons (Fsp3) is 0.300. The first kappa shape index (κ1) is 18.7. The molecule has 0 atom stereocenters. The van der Waals surface area contributed by atoms with Gasteiger partial charge in [-0.1, -0.05) is 6.07 Å². The van der Waals surface area contributed by atoms with E-state index in [2.05, 4.69) is 14.9 Å². The Bertz CT molecular complexity index is 855. The highest BCUT2D eigenvalue weighted by atomic mass is 16.5. The third-order valence-corrected chi connectivity index (χ3v) is 4.07. The second kappa shape index (κ2) is 8.55. The summed E-state index contributed by atoms with van der Waals surface area (Å²) in [5.41, 5.74) is 2.74. The van der Waals surface area contributed by atoms with Crippen LogP contribution in [0.1, 0.15) is 11.3 Å². The highest BCUT2D eigenvalue weighted by Crippen LogP contribution is 2.40. The maximum absolute atomic E-state index is 5.67. The first-order valence-electron chi connectivity index (χ1n) is 8.46. The first-order chi connectivity index (χ1) is 13.1. The number of benzene rings is 1. The van der Waals surface area contributed by atoms with Gasteiger partial charge in [0.05, 0.1) is 27.0 Å². The summed E-state index contributed by atoms with van der Waals surface area (Å²) >= 11 is 0. The Morgan fingerprint density at radius 1 is 1.04 bits per heavy atom. The van der Waals surface area contributed by atoms with E-state index in [1.54, 1.807) is 33.8 Å². The number of pyridine rings is 1. The number of ether oxygens (including phenoxy) is 3. The van der Waals surface area contributed by atoms with Gasteiger partial charge in [0.2, 0.25) is 11.6 Å². The van der Waals surface area contributed by atoms with Gasteiger partial charge in [-0.05, 0) is 30.8 Å². The maximum atomic E-state index is 5.67. The van der Waals surface area contributed by atoms with Crippen molar-refractivity contribution < 1.29 is 18.6 Å². The smallest absolute Gasteiger partial charge is 0.226 e. The van der Waals surface area contributed by atoms with E-state index in [9.17, 15) is 0 Å². The summed E-state index contributed by atoms with van der Waals surface area (Å²) in [5.74, 6) is 2.14. The summed E-state index contributed by atoms with van der Waals surface area (Å²) in [6.45, 7) is 1.43. The molecule has 3 aromatic rings. The van der Waals surface area contributed by atoms with E-state index in [4.69, 9.17) is 18.6 Å². The molecule has 0 N–H and O–H groups in total. The fourth-order valence-electron chi connectivity index (χ4n) is 2.85. The zero-order valence-electron chi connectivity index (χ0n) is 15.9. The lowest BCUT2D eigenvalue weighted by molar-refractivity contribution is 0.314. The average Bonchev–Trinajstić information content (AvgIpc) is 3.15. The third-order valence-electron chi connectivity index (χ3n) is 4.07. The van der Waals surface area contributed by atoms with Crippen LogP contribution in [-0.4, -0.2) is 43.2 Å². The van der Waals surface area contributed by atoms with Crippen molar-refractivity contribution in [2.75, 3.05) is 28.4 Å². The van der Waals surface area contributed by atoms with E-state index in [1.807, 2.05) is 37.5 Å². The highest BCUT2D eigenvalue weighted by molar-refractivity contribution is 5.65. The Morgan fingerprint density at radius 2 is 1.78 bits per heavy atom. The number of oxazole rings is 1. The van der Waals surface area contributed by atoms with Gasteiger partial charge in [0.15, 0.2) is 11.5 Å². The van der Waals surface area contributed by atoms with Crippen molar-refractivity contribution in [3.63, 3.8) is 0 Å². The lowest BCUT2D eigenvalue weighted by Crippen LogP contribution is -2.17. The van der Waals surface area contributed by atoms with Gasteiger partial charge in [-0.3, -0.25) is 9.88 Å². The van der Waals surface area contributed by atoms with E-state index in [1.165, 1.54) is 0 Å². The van der Waals surface area contributed by atoms with Crippen LogP contribution in [0.15, 0.2) is 47.3 Å². The second-order valence-corrected chi connectivity index (χ2v) is 6.09. The summed E-state index contributed by atoms with van der Waals surface area (Å²) in [7, 11) is 6.76. The van der Waals surface area contributed by atoms with Gasteiger partial charge in [-0.25, -0.2) is 4.98 Å². The van der Waals surface area contributed by atoms with E-state index in [-0.39, 0.29) is 0 Å². The zero-order chi connectivity index (χ0) is 19.2. The van der Waals surface area contributed by atoms with Crippen LogP contribution in [0.4, 0.5) is 0 Å². The van der Waals surface area contributed by atoms with Crippen molar-refractivity contribution in [1.29, 1.82) is 0 Å². The Labute approximate surface area is 158 Å². The molecule has 0 unspecified atom stereocenters. The predicted octanol–water partition coefficient (Wildman–Crippen LogP) is 3.39. The molecule has 1 aromatic carbocycles. The van der Waals surface area contributed by atoms with Crippen molar-refractivity contribution in [1.82, 2.24) is 14.9 Å². The number of hydrogen-bond donors (Lipinski definition) is 0. The van der Waals surface area contributed by atoms with Crippen molar-refractivity contribution in [3.05, 3.63) is 54.2 Å². The molecule has 0 aliphatic rings. The van der Waals surface area contributed by atoms with Gasteiger partial charge in [0.25, 0.3) is 0 Å². The first-order valence-corrected chi connectivity index (χ1v) is 8.46. The van der Waals surface area contributed by atoms with Gasteiger partial charge < -0.3 is 18.6 Å². The van der Waals surface area contributed by atoms with E-state index in [0.29, 0.717) is 29.7 Å². The summed E-state index contributed by atoms with van der Waals surface area (Å²) in [6.07, 6.45) is 5.30. The average molecular weight is 369 g/mol. The molecule has 0 bridgehead atoms. The standard InChI is InChI=1S/C20H23N3O4/c1-23(11-14-6-5-7-21-10-14)12-16-13-27-20(22-16)15-8-17(24-2)19(26-4)18(9-15)25-3/h5-10,13H,11-12H2,1-4H3. The minimum absolute atomic E-state index is 0.499. The molecule has 142 valence electrons. The molecule has 0 aliphatic carbocycles. The molecule has 0 radical (unpaired) electrons. The Hall–Kier alpha value is -3.06. The summed E-state index contributed by atoms with van der Waals surface area (Å²) in [4.78, 5) is 10.9. The molecular formula is C20H23N3O4. The Balaban J connectivity index is 1.77. The van der Waals surface area contributed by atoms with Crippen molar-refractivity contribution in [2.24, 2.45) is 0 Å². The van der Waals surface area contributed by atoms with Crippen LogP contribution in [-0.2, 0) is 13.1 Å². The van der Waals surface area contributed by atoms with Crippen LogP contribution in [0.3, 0.4) is 0 Å². The minimum Gasteiger partial charge on any atom is -0.493 e. The minimum atomic E-state index is 0.499. The van der Waals surface area contributed by atoms with Crippen LogP contribution in [0, 0.1) is 0 Å². The molecule has 7 nitrogen and oxygen atoms in total. The van der Waals surface area contributed by atoms with Crippen LogP contribution < -0.4 is 14.2 Å². The molecule has 2 heterocycles. The number of nitrogens with zero attached hydrogens (tertiary/aromatic N) is 3. The van der Waals surface area contributed by atoms with Gasteiger partial charge >= 0.3 is 0 Å². The molecule has 3 rings (SSSR count). The Morgan fingerprint density at radius 3 is 2.37 bits per heavy atom. The van der Waals surface area contributed by atoms with Gasteiger partial charge in [0.1, 0.15) is 6.26 Å². The fourth-order valence-corrected chi connectivity index (χ4v) is 2.85. The van der Waals surface area contributed by atoms with E-state index >= 15 is 0 Å². The normalized spacial score (nSPS) is 10.9. The van der Waals surface area contributed by atoms with Crippen molar-refractivity contribution in [3.8, 4) is 28.7 Å². The molecule has 27 heavy (non-hydrogen) atoms. The van der Waals surface area contributed by atoms with Gasteiger partial charge in [0, 0.05) is 31.0 Å². The monoisotopic (exact) mass is 369 g/mol. The second-order valence-electron chi connectivity index (χ2n) is 6.09. The number of hydrogen-bond acceptors (Lipinski definition) is 7. The molecule has 0 aliphatic heterocycles. The molecule has 0 spiro atoms. The zero-order valence-corrected chi connectivity index (χ0v) is 15.9. The topological polar surface area (TPSA) is 69.9 Å². The predicted molar refractivity (Wildman–Crippen MR) is 101 cm³/mol. The number of rotatable bonds is 8. The lowest BCUT2D eigenvalue weighted by Gasteiger charge is -2.14. The van der Waals surface area contributed by atoms with Crippen molar-refractivity contribution in [2.45, 2.75) is 13.1 Å². The van der Waals surface area contributed by atoms with Crippen LogP contribution in [0.25, 0.3) is 11.5 Å². The van der Waals surface area contributed by atoms with Gasteiger partial charge in [-0.2, -0.15) is 0 Å². The molecule has 0 fully saturated rings. The Kier molecular flexibility index (Phi) is 5.93. The third kappa shape index (κ3) is 4.38. The van der Waals surface area contributed by atoms with Crippen LogP contribution in [0.5, 0.6) is 17.2 Å². The van der Waals surface area contributed by atoms with Crippen LogP contribution in [0.2, 0.25) is 0 Å². The quantitative estimate of drug-likeness (QED) is 0.603. The van der Waals surface area contributed by atoms with Crippen LogP contribution >= 0.6 is 0 Å². The summed E-state index contributed by atoms with van der Waals surface area (Å²) < 4.78 is 21.8. The summed E-state index contributed by atoms with van der Waals surface area (Å²) in [6, 6.07) is 7.61. The highest BCUT2D eigenvalue weighted by Gasteiger charge is 2.17. The summed E-state index contributed by atoms with van der Waals surface area (Å²) in [5, 5.41) is 0. The molecule has 7 heteroatoms. The molecule has 0 amide bonds. The number of methoxy groups -OCH3 is 3. The molecule has 2 aromatic heterocycles. The van der Waals surface area contributed by atoms with E-state index in [0.717, 1.165) is 23.4 Å². The molecule has 0 saturated heterocycles.